The van der Waals surface area contributed by atoms with Crippen LogP contribution in [0.1, 0.15) is 33.1 Å². The summed E-state index contributed by atoms with van der Waals surface area (Å²) >= 11 is 0. The van der Waals surface area contributed by atoms with Crippen molar-refractivity contribution < 1.29 is 14.3 Å². The lowest BCUT2D eigenvalue weighted by atomic mass is 9.79. The average molecular weight is 213 g/mol. The molecular weight excluding hydrogens is 194 g/mol. The number of carbonyl (C=O) groups is 2. The molecule has 0 saturated heterocycles. The van der Waals surface area contributed by atoms with E-state index < -0.39 is 11.9 Å². The lowest BCUT2D eigenvalue weighted by Gasteiger charge is -2.32. The van der Waals surface area contributed by atoms with Gasteiger partial charge in [-0.05, 0) is 31.1 Å². The minimum absolute atomic E-state index is 0.128. The van der Waals surface area contributed by atoms with E-state index in [1.807, 2.05) is 0 Å². The summed E-state index contributed by atoms with van der Waals surface area (Å²) in [7, 11) is 1.22. The van der Waals surface area contributed by atoms with Crippen molar-refractivity contribution in [3.8, 4) is 0 Å². The van der Waals surface area contributed by atoms with E-state index in [0.29, 0.717) is 11.8 Å². The number of hydrogen-bond acceptors (Lipinski definition) is 3. The molecule has 1 saturated carbocycles. The van der Waals surface area contributed by atoms with Gasteiger partial charge >= 0.3 is 11.9 Å². The standard InChI is InChI=1S/C11H19NO3/c1-7-4-5-9(6-8(7)2)12-10(13)11(14)15-3/h7-9H,4-6H2,1-3H3,(H,12,13). The summed E-state index contributed by atoms with van der Waals surface area (Å²) in [6.45, 7) is 4.41. The number of hydrogen-bond donors (Lipinski definition) is 1. The van der Waals surface area contributed by atoms with Gasteiger partial charge in [0, 0.05) is 6.04 Å². The molecule has 3 unspecified atom stereocenters. The van der Waals surface area contributed by atoms with Crippen molar-refractivity contribution in [2.75, 3.05) is 7.11 Å². The van der Waals surface area contributed by atoms with E-state index in [1.54, 1.807) is 0 Å². The van der Waals surface area contributed by atoms with Crippen molar-refractivity contribution in [2.45, 2.75) is 39.2 Å². The highest BCUT2D eigenvalue weighted by Crippen LogP contribution is 2.29. The SMILES string of the molecule is COC(=O)C(=O)NC1CCC(C)C(C)C1. The van der Waals surface area contributed by atoms with Crippen LogP contribution >= 0.6 is 0 Å². The smallest absolute Gasteiger partial charge is 0.396 e. The van der Waals surface area contributed by atoms with Gasteiger partial charge in [-0.15, -0.1) is 0 Å². The summed E-state index contributed by atoms with van der Waals surface area (Å²) in [5, 5.41) is 2.71. The summed E-state index contributed by atoms with van der Waals surface area (Å²) in [4.78, 5) is 22.1. The average Bonchev–Trinajstić information content (AvgIpc) is 2.22. The molecule has 0 heterocycles. The van der Waals surface area contributed by atoms with E-state index in [0.717, 1.165) is 19.3 Å². The number of amides is 1. The fourth-order valence-electron chi connectivity index (χ4n) is 2.02. The molecular formula is C11H19NO3. The van der Waals surface area contributed by atoms with Gasteiger partial charge in [-0.3, -0.25) is 4.79 Å². The van der Waals surface area contributed by atoms with E-state index in [-0.39, 0.29) is 6.04 Å². The van der Waals surface area contributed by atoms with Crippen molar-refractivity contribution in [3.63, 3.8) is 0 Å². The van der Waals surface area contributed by atoms with Crippen LogP contribution in [0.2, 0.25) is 0 Å². The van der Waals surface area contributed by atoms with E-state index in [9.17, 15) is 9.59 Å². The molecule has 1 fully saturated rings. The minimum atomic E-state index is -0.804. The molecule has 4 heteroatoms. The molecule has 0 aromatic heterocycles. The first-order valence-electron chi connectivity index (χ1n) is 5.43. The molecule has 1 amide bonds. The third kappa shape index (κ3) is 3.22. The lowest BCUT2D eigenvalue weighted by Crippen LogP contribution is -2.43. The fraction of sp³-hybridized carbons (Fsp3) is 0.818. The normalized spacial score (nSPS) is 30.7. The quantitative estimate of drug-likeness (QED) is 0.524. The predicted octanol–water partition coefficient (Wildman–Crippen LogP) is 1.10. The highest BCUT2D eigenvalue weighted by molar-refractivity contribution is 6.32. The molecule has 15 heavy (non-hydrogen) atoms. The van der Waals surface area contributed by atoms with Gasteiger partial charge in [0.25, 0.3) is 0 Å². The van der Waals surface area contributed by atoms with Gasteiger partial charge in [0.05, 0.1) is 7.11 Å². The van der Waals surface area contributed by atoms with Crippen molar-refractivity contribution in [1.29, 1.82) is 0 Å². The van der Waals surface area contributed by atoms with Gasteiger partial charge in [-0.1, -0.05) is 13.8 Å². The van der Waals surface area contributed by atoms with E-state index in [2.05, 4.69) is 23.9 Å². The van der Waals surface area contributed by atoms with Crippen LogP contribution in [0, 0.1) is 11.8 Å². The summed E-state index contributed by atoms with van der Waals surface area (Å²) < 4.78 is 4.35. The number of esters is 1. The third-order valence-corrected chi connectivity index (χ3v) is 3.30. The van der Waals surface area contributed by atoms with Gasteiger partial charge in [-0.25, -0.2) is 4.79 Å². The molecule has 0 aliphatic heterocycles. The lowest BCUT2D eigenvalue weighted by molar-refractivity contribution is -0.153. The maximum atomic E-state index is 11.2. The predicted molar refractivity (Wildman–Crippen MR) is 56.1 cm³/mol. The molecule has 1 aliphatic rings. The zero-order valence-electron chi connectivity index (χ0n) is 9.58. The molecule has 0 bridgehead atoms. The minimum Gasteiger partial charge on any atom is -0.462 e. The molecule has 1 N–H and O–H groups in total. The number of methoxy groups -OCH3 is 1. The largest absolute Gasteiger partial charge is 0.462 e. The Labute approximate surface area is 90.4 Å². The Morgan fingerprint density at radius 1 is 1.20 bits per heavy atom. The fourth-order valence-corrected chi connectivity index (χ4v) is 2.02. The van der Waals surface area contributed by atoms with Crippen LogP contribution in [0.4, 0.5) is 0 Å². The first kappa shape index (κ1) is 12.0. The maximum Gasteiger partial charge on any atom is 0.396 e. The zero-order valence-corrected chi connectivity index (χ0v) is 9.58. The van der Waals surface area contributed by atoms with E-state index in [4.69, 9.17) is 0 Å². The molecule has 86 valence electrons. The van der Waals surface area contributed by atoms with Gasteiger partial charge < -0.3 is 10.1 Å². The second-order valence-corrected chi connectivity index (χ2v) is 4.43. The van der Waals surface area contributed by atoms with Crippen LogP contribution in [0.25, 0.3) is 0 Å². The molecule has 4 nitrogen and oxygen atoms in total. The maximum absolute atomic E-state index is 11.2. The summed E-state index contributed by atoms with van der Waals surface area (Å²) in [5.41, 5.74) is 0. The first-order valence-corrected chi connectivity index (χ1v) is 5.43. The van der Waals surface area contributed by atoms with Gasteiger partial charge in [0.15, 0.2) is 0 Å². The Hall–Kier alpha value is -1.06. The van der Waals surface area contributed by atoms with Crippen LogP contribution in [0.15, 0.2) is 0 Å². The van der Waals surface area contributed by atoms with Crippen molar-refractivity contribution in [2.24, 2.45) is 11.8 Å². The van der Waals surface area contributed by atoms with E-state index in [1.165, 1.54) is 7.11 Å². The summed E-state index contributed by atoms with van der Waals surface area (Å²) in [5.74, 6) is -0.122. The zero-order chi connectivity index (χ0) is 11.4. The Balaban J connectivity index is 2.40. The highest BCUT2D eigenvalue weighted by atomic mass is 16.5. The van der Waals surface area contributed by atoms with Crippen LogP contribution in [0.3, 0.4) is 0 Å². The topological polar surface area (TPSA) is 55.4 Å². The van der Waals surface area contributed by atoms with Crippen LogP contribution in [-0.4, -0.2) is 25.0 Å². The van der Waals surface area contributed by atoms with Gasteiger partial charge in [0.2, 0.25) is 0 Å². The molecule has 0 aromatic carbocycles. The van der Waals surface area contributed by atoms with Gasteiger partial charge in [-0.2, -0.15) is 0 Å². The van der Waals surface area contributed by atoms with Crippen LogP contribution in [-0.2, 0) is 14.3 Å². The molecule has 0 radical (unpaired) electrons. The Bertz CT molecular complexity index is 252. The van der Waals surface area contributed by atoms with Crippen LogP contribution in [0.5, 0.6) is 0 Å². The number of nitrogens with one attached hydrogen (secondary N) is 1. The molecule has 1 rings (SSSR count). The Kier molecular flexibility index (Phi) is 4.12. The molecule has 0 spiro atoms. The highest BCUT2D eigenvalue weighted by Gasteiger charge is 2.27. The summed E-state index contributed by atoms with van der Waals surface area (Å²) in [6, 6.07) is 0.128. The molecule has 1 aliphatic carbocycles. The van der Waals surface area contributed by atoms with Crippen molar-refractivity contribution in [3.05, 3.63) is 0 Å². The first-order chi connectivity index (χ1) is 7.04. The molecule has 3 atom stereocenters. The third-order valence-electron chi connectivity index (χ3n) is 3.30. The second kappa shape index (κ2) is 5.14. The Morgan fingerprint density at radius 2 is 1.87 bits per heavy atom. The number of ether oxygens (including phenoxy) is 1. The summed E-state index contributed by atoms with van der Waals surface area (Å²) in [6.07, 6.45) is 3.01. The van der Waals surface area contributed by atoms with Crippen LogP contribution < -0.4 is 5.32 Å². The Morgan fingerprint density at radius 3 is 2.40 bits per heavy atom. The van der Waals surface area contributed by atoms with Crippen molar-refractivity contribution >= 4 is 11.9 Å². The second-order valence-electron chi connectivity index (χ2n) is 4.43. The molecule has 0 aromatic rings. The monoisotopic (exact) mass is 213 g/mol. The van der Waals surface area contributed by atoms with Crippen molar-refractivity contribution in [1.82, 2.24) is 5.32 Å². The van der Waals surface area contributed by atoms with Gasteiger partial charge in [0.1, 0.15) is 0 Å². The number of rotatable bonds is 1. The number of carbonyl (C=O) groups excluding carboxylic acids is 2. The van der Waals surface area contributed by atoms with E-state index >= 15 is 0 Å².